The number of carbonyl (C=O) groups is 2. The molecular weight excluding hydrogens is 226 g/mol. The monoisotopic (exact) mass is 247 g/mol. The van der Waals surface area contributed by atoms with Crippen LogP contribution in [0.2, 0.25) is 0 Å². The molecular formula is C10H21N3O4. The Morgan fingerprint density at radius 2 is 2.00 bits per heavy atom. The highest BCUT2D eigenvalue weighted by Crippen LogP contribution is 1.96. The minimum atomic E-state index is -1.28. The summed E-state index contributed by atoms with van der Waals surface area (Å²) in [6, 6.07) is -1.79. The van der Waals surface area contributed by atoms with Gasteiger partial charge < -0.3 is 25.7 Å². The van der Waals surface area contributed by atoms with Crippen LogP contribution in [0.5, 0.6) is 0 Å². The molecule has 0 radical (unpaired) electrons. The number of carbonyl (C=O) groups excluding carboxylic acids is 1. The van der Waals surface area contributed by atoms with E-state index in [1.54, 1.807) is 7.05 Å². The Balaban J connectivity index is 4.16. The van der Waals surface area contributed by atoms with Crippen LogP contribution in [0.3, 0.4) is 0 Å². The van der Waals surface area contributed by atoms with Gasteiger partial charge in [-0.1, -0.05) is 0 Å². The third-order valence-electron chi connectivity index (χ3n) is 2.29. The van der Waals surface area contributed by atoms with E-state index in [1.165, 1.54) is 11.8 Å². The number of aliphatic hydroxyl groups excluding tert-OH is 1. The molecule has 7 nitrogen and oxygen atoms in total. The van der Waals surface area contributed by atoms with Crippen LogP contribution in [0.25, 0.3) is 0 Å². The maximum atomic E-state index is 11.6. The highest BCUT2D eigenvalue weighted by atomic mass is 16.4. The normalized spacial score (nSPS) is 13.9. The Morgan fingerprint density at radius 1 is 1.41 bits per heavy atom. The fourth-order valence-electron chi connectivity index (χ4n) is 1.23. The van der Waals surface area contributed by atoms with Crippen LogP contribution in [0.4, 0.5) is 4.79 Å². The predicted octanol–water partition coefficient (Wildman–Crippen LogP) is -0.929. The molecule has 0 aliphatic carbocycles. The van der Waals surface area contributed by atoms with Crippen molar-refractivity contribution in [2.24, 2.45) is 0 Å². The van der Waals surface area contributed by atoms with Gasteiger partial charge in [0, 0.05) is 13.6 Å². The molecule has 0 rings (SSSR count). The van der Waals surface area contributed by atoms with Crippen LogP contribution in [0.15, 0.2) is 0 Å². The lowest BCUT2D eigenvalue weighted by atomic mass is 10.2. The molecule has 0 aliphatic rings. The smallest absolute Gasteiger partial charge is 0.328 e. The molecule has 0 spiro atoms. The highest BCUT2D eigenvalue weighted by Gasteiger charge is 2.25. The van der Waals surface area contributed by atoms with Gasteiger partial charge in [0.1, 0.15) is 0 Å². The van der Waals surface area contributed by atoms with Gasteiger partial charge in [-0.15, -0.1) is 0 Å². The number of carboxylic acids is 1. The number of aliphatic carboxylic acids is 1. The summed E-state index contributed by atoms with van der Waals surface area (Å²) in [5.41, 5.74) is 0. The lowest BCUT2D eigenvalue weighted by Crippen LogP contribution is -2.51. The molecule has 0 saturated heterocycles. The van der Waals surface area contributed by atoms with E-state index < -0.39 is 24.1 Å². The lowest BCUT2D eigenvalue weighted by Gasteiger charge is -2.22. The van der Waals surface area contributed by atoms with E-state index in [4.69, 9.17) is 5.11 Å². The molecule has 0 aliphatic heterocycles. The third-order valence-corrected chi connectivity index (χ3v) is 2.29. The maximum absolute atomic E-state index is 11.6. The van der Waals surface area contributed by atoms with Crippen LogP contribution < -0.4 is 10.6 Å². The first-order valence-corrected chi connectivity index (χ1v) is 5.47. The van der Waals surface area contributed by atoms with Crippen LogP contribution in [-0.4, -0.2) is 66.4 Å². The average Bonchev–Trinajstić information content (AvgIpc) is 2.24. The first-order valence-electron chi connectivity index (χ1n) is 5.47. The van der Waals surface area contributed by atoms with Crippen molar-refractivity contribution in [2.45, 2.75) is 25.5 Å². The fourth-order valence-corrected chi connectivity index (χ4v) is 1.23. The molecule has 100 valence electrons. The Morgan fingerprint density at radius 3 is 2.41 bits per heavy atom. The van der Waals surface area contributed by atoms with E-state index in [1.807, 2.05) is 7.05 Å². The minimum Gasteiger partial charge on any atom is -0.480 e. The SMILES string of the molecule is CNCCCN(C)C(=O)N[C@H](C(=O)O)[C@@H](C)O. The van der Waals surface area contributed by atoms with Crippen LogP contribution in [0, 0.1) is 0 Å². The van der Waals surface area contributed by atoms with Crippen molar-refractivity contribution in [3.63, 3.8) is 0 Å². The first-order chi connectivity index (χ1) is 7.90. The number of amides is 2. The van der Waals surface area contributed by atoms with Gasteiger partial charge >= 0.3 is 12.0 Å². The van der Waals surface area contributed by atoms with Gasteiger partial charge in [0.05, 0.1) is 6.10 Å². The van der Waals surface area contributed by atoms with Crippen LogP contribution in [0.1, 0.15) is 13.3 Å². The van der Waals surface area contributed by atoms with Crippen molar-refractivity contribution in [1.29, 1.82) is 0 Å². The van der Waals surface area contributed by atoms with Crippen molar-refractivity contribution in [1.82, 2.24) is 15.5 Å². The molecule has 0 heterocycles. The van der Waals surface area contributed by atoms with E-state index in [9.17, 15) is 14.7 Å². The third kappa shape index (κ3) is 6.08. The number of urea groups is 1. The quantitative estimate of drug-likeness (QED) is 0.435. The summed E-state index contributed by atoms with van der Waals surface area (Å²) in [4.78, 5) is 23.7. The van der Waals surface area contributed by atoms with E-state index in [-0.39, 0.29) is 0 Å². The van der Waals surface area contributed by atoms with E-state index in [2.05, 4.69) is 10.6 Å². The van der Waals surface area contributed by atoms with Crippen LogP contribution in [-0.2, 0) is 4.79 Å². The summed E-state index contributed by atoms with van der Waals surface area (Å²) in [5, 5.41) is 23.2. The fraction of sp³-hybridized carbons (Fsp3) is 0.800. The standard InChI is InChI=1S/C10H21N3O4/c1-7(14)8(9(15)16)12-10(17)13(3)6-4-5-11-2/h7-8,11,14H,4-6H2,1-3H3,(H,12,17)(H,15,16)/t7-,8+/m1/s1. The molecule has 4 N–H and O–H groups in total. The second-order valence-electron chi connectivity index (χ2n) is 3.88. The molecule has 0 fully saturated rings. The second kappa shape index (κ2) is 7.86. The van der Waals surface area contributed by atoms with Gasteiger partial charge in [-0.05, 0) is 26.9 Å². The molecule has 17 heavy (non-hydrogen) atoms. The van der Waals surface area contributed by atoms with E-state index in [0.717, 1.165) is 13.0 Å². The Bertz CT molecular complexity index is 258. The van der Waals surface area contributed by atoms with Gasteiger partial charge in [0.15, 0.2) is 6.04 Å². The molecule has 7 heteroatoms. The van der Waals surface area contributed by atoms with Gasteiger partial charge in [0.2, 0.25) is 0 Å². The number of nitrogens with zero attached hydrogens (tertiary/aromatic N) is 1. The number of hydrogen-bond acceptors (Lipinski definition) is 4. The summed E-state index contributed by atoms with van der Waals surface area (Å²) in [6.07, 6.45) is -0.366. The van der Waals surface area contributed by atoms with Crippen molar-refractivity contribution in [3.8, 4) is 0 Å². The molecule has 0 aromatic heterocycles. The predicted molar refractivity (Wildman–Crippen MR) is 62.8 cm³/mol. The van der Waals surface area contributed by atoms with Crippen molar-refractivity contribution >= 4 is 12.0 Å². The minimum absolute atomic E-state index is 0.505. The number of aliphatic hydroxyl groups is 1. The van der Waals surface area contributed by atoms with E-state index in [0.29, 0.717) is 6.54 Å². The molecule has 0 saturated carbocycles. The zero-order chi connectivity index (χ0) is 13.4. The lowest BCUT2D eigenvalue weighted by molar-refractivity contribution is -0.141. The molecule has 0 unspecified atom stereocenters. The van der Waals surface area contributed by atoms with E-state index >= 15 is 0 Å². The largest absolute Gasteiger partial charge is 0.480 e. The Hall–Kier alpha value is -1.34. The van der Waals surface area contributed by atoms with Crippen molar-refractivity contribution in [3.05, 3.63) is 0 Å². The summed E-state index contributed by atoms with van der Waals surface area (Å²) in [7, 11) is 3.39. The average molecular weight is 247 g/mol. The number of hydrogen-bond donors (Lipinski definition) is 4. The van der Waals surface area contributed by atoms with Gasteiger partial charge in [-0.3, -0.25) is 0 Å². The number of rotatable bonds is 7. The molecule has 2 atom stereocenters. The van der Waals surface area contributed by atoms with Gasteiger partial charge in [0.25, 0.3) is 0 Å². The first kappa shape index (κ1) is 15.7. The van der Waals surface area contributed by atoms with Crippen molar-refractivity contribution < 1.29 is 19.8 Å². The number of carboxylic acid groups (broad SMARTS) is 1. The Kier molecular flexibility index (Phi) is 7.24. The summed E-state index contributed by atoms with van der Waals surface area (Å²) in [6.45, 7) is 2.61. The Labute approximate surface area is 101 Å². The number of nitrogens with one attached hydrogen (secondary N) is 2. The van der Waals surface area contributed by atoms with Gasteiger partial charge in [-0.25, -0.2) is 9.59 Å². The molecule has 0 aromatic carbocycles. The zero-order valence-corrected chi connectivity index (χ0v) is 10.4. The second-order valence-corrected chi connectivity index (χ2v) is 3.88. The summed E-state index contributed by atoms with van der Waals surface area (Å²) in [5.74, 6) is -1.25. The molecule has 2 amide bonds. The molecule has 0 aromatic rings. The topological polar surface area (TPSA) is 102 Å². The molecule has 0 bridgehead atoms. The van der Waals surface area contributed by atoms with Crippen molar-refractivity contribution in [2.75, 3.05) is 27.2 Å². The summed E-state index contributed by atoms with van der Waals surface area (Å²) < 4.78 is 0. The van der Waals surface area contributed by atoms with Crippen LogP contribution >= 0.6 is 0 Å². The maximum Gasteiger partial charge on any atom is 0.328 e. The zero-order valence-electron chi connectivity index (χ0n) is 10.4. The summed E-state index contributed by atoms with van der Waals surface area (Å²) >= 11 is 0. The van der Waals surface area contributed by atoms with Gasteiger partial charge in [-0.2, -0.15) is 0 Å². The highest BCUT2D eigenvalue weighted by molar-refractivity contribution is 5.82.